The predicted octanol–water partition coefficient (Wildman–Crippen LogP) is 5.26. The van der Waals surface area contributed by atoms with Gasteiger partial charge in [-0.3, -0.25) is 4.79 Å². The molecule has 2 aromatic carbocycles. The number of ether oxygens (including phenoxy) is 1. The number of oxazole rings is 1. The van der Waals surface area contributed by atoms with Crippen molar-refractivity contribution in [2.45, 2.75) is 17.4 Å². The topological polar surface area (TPSA) is 64.4 Å². The summed E-state index contributed by atoms with van der Waals surface area (Å²) in [5.74, 6) is 0.317. The second-order valence-corrected chi connectivity index (χ2v) is 7.35. The number of carbonyl (C=O) groups excluding carboxylic acids is 1. The molecule has 3 rings (SSSR count). The van der Waals surface area contributed by atoms with Crippen molar-refractivity contribution in [3.05, 3.63) is 46.4 Å². The van der Waals surface area contributed by atoms with Crippen molar-refractivity contribution in [2.24, 2.45) is 0 Å². The highest BCUT2D eigenvalue weighted by Gasteiger charge is 2.19. The van der Waals surface area contributed by atoms with Crippen molar-refractivity contribution in [3.8, 4) is 5.75 Å². The maximum Gasteiger partial charge on any atom is 0.257 e. The zero-order chi connectivity index (χ0) is 18.0. The van der Waals surface area contributed by atoms with E-state index >= 15 is 0 Å². The zero-order valence-electron chi connectivity index (χ0n) is 13.4. The monoisotopic (exact) mass is 396 g/mol. The number of fused-ring (bicyclic) bond motifs is 1. The van der Waals surface area contributed by atoms with Gasteiger partial charge >= 0.3 is 0 Å². The Bertz CT molecular complexity index is 929. The van der Waals surface area contributed by atoms with Crippen molar-refractivity contribution in [3.63, 3.8) is 0 Å². The molecule has 1 N–H and O–H groups in total. The summed E-state index contributed by atoms with van der Waals surface area (Å²) in [6.07, 6.45) is 0. The molecule has 5 nitrogen and oxygen atoms in total. The Morgan fingerprint density at radius 3 is 2.72 bits per heavy atom. The third-order valence-electron chi connectivity index (χ3n) is 3.40. The van der Waals surface area contributed by atoms with E-state index in [4.69, 9.17) is 32.4 Å². The summed E-state index contributed by atoms with van der Waals surface area (Å²) in [6, 6.07) is 10.2. The van der Waals surface area contributed by atoms with Crippen LogP contribution in [0.4, 0.5) is 5.69 Å². The lowest BCUT2D eigenvalue weighted by Crippen LogP contribution is -2.22. The SMILES string of the molecule is COc1ccc(Cl)cc1NC(=O)C(C)Sc1nc2cc(Cl)ccc2o1. The number of benzene rings is 2. The second-order valence-electron chi connectivity index (χ2n) is 5.19. The van der Waals surface area contributed by atoms with E-state index < -0.39 is 5.25 Å². The smallest absolute Gasteiger partial charge is 0.257 e. The first-order chi connectivity index (χ1) is 12.0. The Labute approximate surface area is 158 Å². The number of rotatable bonds is 5. The third-order valence-corrected chi connectivity index (χ3v) is 4.81. The number of nitrogens with zero attached hydrogens (tertiary/aromatic N) is 1. The van der Waals surface area contributed by atoms with E-state index in [1.165, 1.54) is 18.9 Å². The summed E-state index contributed by atoms with van der Waals surface area (Å²) in [5, 5.41) is 3.86. The van der Waals surface area contributed by atoms with Crippen molar-refractivity contribution in [1.82, 2.24) is 4.98 Å². The van der Waals surface area contributed by atoms with Gasteiger partial charge < -0.3 is 14.5 Å². The second kappa shape index (κ2) is 7.56. The Kier molecular flexibility index (Phi) is 5.42. The van der Waals surface area contributed by atoms with Crippen LogP contribution in [0.3, 0.4) is 0 Å². The van der Waals surface area contributed by atoms with Crippen LogP contribution in [0.15, 0.2) is 46.0 Å². The van der Waals surface area contributed by atoms with Gasteiger partial charge in [0, 0.05) is 10.0 Å². The molecule has 1 unspecified atom stereocenters. The first-order valence-corrected chi connectivity index (χ1v) is 8.97. The maximum absolute atomic E-state index is 12.4. The minimum Gasteiger partial charge on any atom is -0.495 e. The lowest BCUT2D eigenvalue weighted by Gasteiger charge is -2.13. The number of anilines is 1. The van der Waals surface area contributed by atoms with Gasteiger partial charge in [0.2, 0.25) is 5.91 Å². The summed E-state index contributed by atoms with van der Waals surface area (Å²) >= 11 is 13.1. The molecular weight excluding hydrogens is 383 g/mol. The predicted molar refractivity (Wildman–Crippen MR) is 101 cm³/mol. The molecule has 130 valence electrons. The molecule has 1 heterocycles. The van der Waals surface area contributed by atoms with E-state index in [0.29, 0.717) is 37.8 Å². The fraction of sp³-hybridized carbons (Fsp3) is 0.176. The summed E-state index contributed by atoms with van der Waals surface area (Å²) in [6.45, 7) is 1.76. The largest absolute Gasteiger partial charge is 0.495 e. The molecule has 3 aromatic rings. The molecule has 25 heavy (non-hydrogen) atoms. The first-order valence-electron chi connectivity index (χ1n) is 7.33. The minimum atomic E-state index is -0.438. The zero-order valence-corrected chi connectivity index (χ0v) is 15.7. The molecule has 0 radical (unpaired) electrons. The number of aromatic nitrogens is 1. The van der Waals surface area contributed by atoms with Crippen LogP contribution in [0, 0.1) is 0 Å². The number of methoxy groups -OCH3 is 1. The fourth-order valence-corrected chi connectivity index (χ4v) is 3.24. The highest BCUT2D eigenvalue weighted by Crippen LogP contribution is 2.31. The molecule has 0 saturated carbocycles. The quantitative estimate of drug-likeness (QED) is 0.595. The number of carbonyl (C=O) groups is 1. The first kappa shape index (κ1) is 17.9. The summed E-state index contributed by atoms with van der Waals surface area (Å²) in [5.41, 5.74) is 1.78. The summed E-state index contributed by atoms with van der Waals surface area (Å²) in [7, 11) is 1.53. The molecule has 1 amide bonds. The number of thioether (sulfide) groups is 1. The molecule has 8 heteroatoms. The lowest BCUT2D eigenvalue weighted by atomic mass is 10.3. The van der Waals surface area contributed by atoms with E-state index in [0.717, 1.165) is 0 Å². The van der Waals surface area contributed by atoms with Gasteiger partial charge in [-0.2, -0.15) is 0 Å². The molecule has 0 bridgehead atoms. The van der Waals surface area contributed by atoms with Crippen LogP contribution >= 0.6 is 35.0 Å². The van der Waals surface area contributed by atoms with Gasteiger partial charge in [0.15, 0.2) is 5.58 Å². The van der Waals surface area contributed by atoms with Crippen LogP contribution < -0.4 is 10.1 Å². The van der Waals surface area contributed by atoms with Crippen molar-refractivity contribution >= 4 is 57.7 Å². The fourth-order valence-electron chi connectivity index (χ4n) is 2.15. The van der Waals surface area contributed by atoms with Gasteiger partial charge in [-0.25, -0.2) is 4.98 Å². The number of nitrogens with one attached hydrogen (secondary N) is 1. The standard InChI is InChI=1S/C17H14Cl2N2O3S/c1-9(16(22)20-12-7-10(18)3-5-14(12)23-2)25-17-21-13-8-11(19)4-6-15(13)24-17/h3-9H,1-2H3,(H,20,22). The van der Waals surface area contributed by atoms with Gasteiger partial charge in [0.05, 0.1) is 18.0 Å². The highest BCUT2D eigenvalue weighted by atomic mass is 35.5. The maximum atomic E-state index is 12.4. The van der Waals surface area contributed by atoms with Gasteiger partial charge in [-0.05, 0) is 43.3 Å². The van der Waals surface area contributed by atoms with Crippen LogP contribution in [0.2, 0.25) is 10.0 Å². The third kappa shape index (κ3) is 4.21. The van der Waals surface area contributed by atoms with Crippen molar-refractivity contribution in [1.29, 1.82) is 0 Å². The minimum absolute atomic E-state index is 0.217. The molecule has 1 aromatic heterocycles. The lowest BCUT2D eigenvalue weighted by molar-refractivity contribution is -0.115. The Hall–Kier alpha value is -1.89. The molecule has 0 spiro atoms. The molecule has 0 aliphatic rings. The number of halogens is 2. The normalized spacial score (nSPS) is 12.2. The molecule has 0 saturated heterocycles. The Morgan fingerprint density at radius 1 is 1.24 bits per heavy atom. The van der Waals surface area contributed by atoms with E-state index in [-0.39, 0.29) is 5.91 Å². The van der Waals surface area contributed by atoms with E-state index in [1.54, 1.807) is 43.3 Å². The van der Waals surface area contributed by atoms with E-state index in [9.17, 15) is 4.79 Å². The van der Waals surface area contributed by atoms with Crippen LogP contribution in [-0.4, -0.2) is 23.3 Å². The van der Waals surface area contributed by atoms with Gasteiger partial charge in [-0.1, -0.05) is 35.0 Å². The number of amides is 1. The van der Waals surface area contributed by atoms with Gasteiger partial charge in [-0.15, -0.1) is 0 Å². The molecular formula is C17H14Cl2N2O3S. The van der Waals surface area contributed by atoms with Crippen LogP contribution in [0.25, 0.3) is 11.1 Å². The summed E-state index contributed by atoms with van der Waals surface area (Å²) in [4.78, 5) is 16.8. The molecule has 0 fully saturated rings. The van der Waals surface area contributed by atoms with Gasteiger partial charge in [0.25, 0.3) is 5.22 Å². The van der Waals surface area contributed by atoms with Crippen LogP contribution in [0.5, 0.6) is 5.75 Å². The highest BCUT2D eigenvalue weighted by molar-refractivity contribution is 8.00. The molecule has 0 aliphatic heterocycles. The summed E-state index contributed by atoms with van der Waals surface area (Å²) < 4.78 is 10.9. The molecule has 1 atom stereocenters. The van der Waals surface area contributed by atoms with Crippen molar-refractivity contribution < 1.29 is 13.9 Å². The van der Waals surface area contributed by atoms with E-state index in [1.807, 2.05) is 0 Å². The average molecular weight is 397 g/mol. The van der Waals surface area contributed by atoms with Crippen molar-refractivity contribution in [2.75, 3.05) is 12.4 Å². The number of hydrogen-bond acceptors (Lipinski definition) is 5. The average Bonchev–Trinajstić information content (AvgIpc) is 2.96. The Balaban J connectivity index is 1.72. The Morgan fingerprint density at radius 2 is 1.96 bits per heavy atom. The van der Waals surface area contributed by atoms with Crippen LogP contribution in [-0.2, 0) is 4.79 Å². The number of hydrogen-bond donors (Lipinski definition) is 1. The molecule has 0 aliphatic carbocycles. The van der Waals surface area contributed by atoms with Gasteiger partial charge in [0.1, 0.15) is 11.3 Å². The van der Waals surface area contributed by atoms with E-state index in [2.05, 4.69) is 10.3 Å². The van der Waals surface area contributed by atoms with Crippen LogP contribution in [0.1, 0.15) is 6.92 Å².